The zero-order valence-electron chi connectivity index (χ0n) is 10.8. The molecule has 5 nitrogen and oxygen atoms in total. The molecule has 20 heavy (non-hydrogen) atoms. The molecule has 3 rings (SSSR count). The third-order valence-electron chi connectivity index (χ3n) is 3.14. The van der Waals surface area contributed by atoms with Crippen LogP contribution >= 0.6 is 0 Å². The van der Waals surface area contributed by atoms with E-state index in [1.165, 1.54) is 4.40 Å². The normalized spacial score (nSPS) is 10.7. The fraction of sp³-hybridized carbons (Fsp3) is 0.0667. The molecule has 0 aliphatic carbocycles. The molecule has 0 amide bonds. The maximum absolute atomic E-state index is 12.1. The first-order chi connectivity index (χ1) is 9.70. The Hall–Kier alpha value is -2.82. The van der Waals surface area contributed by atoms with Crippen LogP contribution in [0.25, 0.3) is 16.6 Å². The van der Waals surface area contributed by atoms with Crippen LogP contribution in [0.4, 0.5) is 0 Å². The van der Waals surface area contributed by atoms with Crippen molar-refractivity contribution < 1.29 is 4.74 Å². The number of hydrogen-bond donors (Lipinski definition) is 1. The summed E-state index contributed by atoms with van der Waals surface area (Å²) in [6, 6.07) is 12.4. The van der Waals surface area contributed by atoms with Crippen molar-refractivity contribution in [3.8, 4) is 16.9 Å². The summed E-state index contributed by atoms with van der Waals surface area (Å²) in [5.74, 6) is 0.655. The molecule has 0 spiro atoms. The monoisotopic (exact) mass is 268 g/mol. The number of pyridine rings is 1. The van der Waals surface area contributed by atoms with Crippen LogP contribution in [-0.4, -0.2) is 16.5 Å². The topological polar surface area (TPSA) is 63.6 Å². The molecule has 1 aromatic carbocycles. The number of H-pyrrole nitrogens is 1. The van der Waals surface area contributed by atoms with Crippen molar-refractivity contribution in [1.29, 1.82) is 0 Å². The molecule has 0 fully saturated rings. The summed E-state index contributed by atoms with van der Waals surface area (Å²) in [5, 5.41) is 0. The van der Waals surface area contributed by atoms with E-state index in [2.05, 4.69) is 4.98 Å². The van der Waals surface area contributed by atoms with Gasteiger partial charge in [-0.3, -0.25) is 14.2 Å². The zero-order chi connectivity index (χ0) is 14.1. The predicted molar refractivity (Wildman–Crippen MR) is 76.3 cm³/mol. The smallest absolute Gasteiger partial charge is 0.332 e. The Morgan fingerprint density at radius 1 is 1.10 bits per heavy atom. The molecule has 0 saturated heterocycles. The summed E-state index contributed by atoms with van der Waals surface area (Å²) >= 11 is 0. The highest BCUT2D eigenvalue weighted by Gasteiger charge is 2.11. The fourth-order valence-corrected chi connectivity index (χ4v) is 2.22. The molecule has 5 heteroatoms. The van der Waals surface area contributed by atoms with Crippen molar-refractivity contribution >= 4 is 5.52 Å². The lowest BCUT2D eigenvalue weighted by Gasteiger charge is -2.07. The van der Waals surface area contributed by atoms with Gasteiger partial charge in [0, 0.05) is 6.20 Å². The Morgan fingerprint density at radius 3 is 2.75 bits per heavy atom. The van der Waals surface area contributed by atoms with Crippen LogP contribution < -0.4 is 16.0 Å². The van der Waals surface area contributed by atoms with Crippen LogP contribution in [0.1, 0.15) is 0 Å². The maximum atomic E-state index is 12.1. The Labute approximate surface area is 114 Å². The molecule has 3 aromatic rings. The molecular formula is C15H12N2O3. The molecule has 2 heterocycles. The number of fused-ring (bicyclic) bond motifs is 1. The van der Waals surface area contributed by atoms with Crippen molar-refractivity contribution in [3.63, 3.8) is 0 Å². The minimum absolute atomic E-state index is 0.408. The van der Waals surface area contributed by atoms with Gasteiger partial charge in [0.15, 0.2) is 0 Å². The molecule has 0 aliphatic heterocycles. The second kappa shape index (κ2) is 4.70. The Balaban J connectivity index is 2.41. The lowest BCUT2D eigenvalue weighted by atomic mass is 10.1. The molecule has 0 unspecified atom stereocenters. The van der Waals surface area contributed by atoms with Gasteiger partial charge in [0.25, 0.3) is 5.56 Å². The minimum atomic E-state index is -0.447. The number of ether oxygens (including phenoxy) is 1. The third kappa shape index (κ3) is 1.89. The highest BCUT2D eigenvalue weighted by atomic mass is 16.5. The van der Waals surface area contributed by atoms with Crippen molar-refractivity contribution in [2.75, 3.05) is 7.11 Å². The van der Waals surface area contributed by atoms with Crippen LogP contribution in [0.2, 0.25) is 0 Å². The Bertz CT molecular complexity index is 893. The molecule has 2 aromatic heterocycles. The lowest BCUT2D eigenvalue weighted by molar-refractivity contribution is 0.415. The average Bonchev–Trinajstić information content (AvgIpc) is 2.47. The van der Waals surface area contributed by atoms with Gasteiger partial charge in [-0.2, -0.15) is 0 Å². The molecule has 1 N–H and O–H groups in total. The average molecular weight is 268 g/mol. The number of methoxy groups -OCH3 is 1. The van der Waals surface area contributed by atoms with E-state index >= 15 is 0 Å². The van der Waals surface area contributed by atoms with Crippen molar-refractivity contribution in [1.82, 2.24) is 9.38 Å². The van der Waals surface area contributed by atoms with E-state index in [0.717, 1.165) is 0 Å². The summed E-state index contributed by atoms with van der Waals surface area (Å²) in [6.45, 7) is 0. The summed E-state index contributed by atoms with van der Waals surface area (Å²) in [6.07, 6.45) is 1.62. The highest BCUT2D eigenvalue weighted by Crippen LogP contribution is 2.23. The highest BCUT2D eigenvalue weighted by molar-refractivity contribution is 5.79. The van der Waals surface area contributed by atoms with Crippen LogP contribution in [0.15, 0.2) is 58.3 Å². The number of rotatable bonds is 2. The van der Waals surface area contributed by atoms with E-state index in [0.29, 0.717) is 22.4 Å². The van der Waals surface area contributed by atoms with E-state index in [1.807, 2.05) is 6.07 Å². The quantitative estimate of drug-likeness (QED) is 0.769. The van der Waals surface area contributed by atoms with Gasteiger partial charge in [-0.05, 0) is 29.8 Å². The van der Waals surface area contributed by atoms with Crippen molar-refractivity contribution in [3.05, 3.63) is 69.5 Å². The van der Waals surface area contributed by atoms with Crippen molar-refractivity contribution in [2.24, 2.45) is 0 Å². The van der Waals surface area contributed by atoms with E-state index in [-0.39, 0.29) is 0 Å². The summed E-state index contributed by atoms with van der Waals surface area (Å²) in [4.78, 5) is 26.3. The number of aromatic nitrogens is 2. The third-order valence-corrected chi connectivity index (χ3v) is 3.14. The van der Waals surface area contributed by atoms with Gasteiger partial charge in [0.1, 0.15) is 5.75 Å². The second-order valence-corrected chi connectivity index (χ2v) is 4.32. The number of nitrogens with zero attached hydrogens (tertiary/aromatic N) is 1. The molecule has 0 bridgehead atoms. The van der Waals surface area contributed by atoms with Crippen LogP contribution in [0.5, 0.6) is 5.75 Å². The number of benzene rings is 1. The van der Waals surface area contributed by atoms with E-state index in [4.69, 9.17) is 4.74 Å². The number of aromatic amines is 1. The number of hydrogen-bond acceptors (Lipinski definition) is 3. The van der Waals surface area contributed by atoms with Gasteiger partial charge in [0.05, 0.1) is 18.2 Å². The van der Waals surface area contributed by atoms with E-state index in [9.17, 15) is 9.59 Å². The largest absolute Gasteiger partial charge is 0.497 e. The van der Waals surface area contributed by atoms with Crippen LogP contribution in [0.3, 0.4) is 0 Å². The summed E-state index contributed by atoms with van der Waals surface area (Å²) in [5.41, 5.74) is 0.861. The maximum Gasteiger partial charge on any atom is 0.332 e. The molecular weight excluding hydrogens is 256 g/mol. The SMILES string of the molecule is COc1cccc(-c2c(=O)[nH]c(=O)n3ccccc23)c1. The Kier molecular flexibility index (Phi) is 2.87. The van der Waals surface area contributed by atoms with Gasteiger partial charge < -0.3 is 4.74 Å². The van der Waals surface area contributed by atoms with Gasteiger partial charge in [-0.15, -0.1) is 0 Å². The van der Waals surface area contributed by atoms with Gasteiger partial charge >= 0.3 is 5.69 Å². The zero-order valence-corrected chi connectivity index (χ0v) is 10.8. The van der Waals surface area contributed by atoms with Gasteiger partial charge in [-0.25, -0.2) is 4.79 Å². The van der Waals surface area contributed by atoms with Crippen LogP contribution in [0, 0.1) is 0 Å². The van der Waals surface area contributed by atoms with E-state index < -0.39 is 11.2 Å². The van der Waals surface area contributed by atoms with E-state index in [1.54, 1.807) is 49.7 Å². The first-order valence-corrected chi connectivity index (χ1v) is 6.09. The fourth-order valence-electron chi connectivity index (χ4n) is 2.22. The van der Waals surface area contributed by atoms with Gasteiger partial charge in [-0.1, -0.05) is 18.2 Å². The van der Waals surface area contributed by atoms with Crippen molar-refractivity contribution in [2.45, 2.75) is 0 Å². The molecule has 100 valence electrons. The first kappa shape index (κ1) is 12.2. The Morgan fingerprint density at radius 2 is 1.95 bits per heavy atom. The second-order valence-electron chi connectivity index (χ2n) is 4.32. The summed E-state index contributed by atoms with van der Waals surface area (Å²) in [7, 11) is 1.57. The predicted octanol–water partition coefficient (Wildman–Crippen LogP) is 1.66. The number of nitrogens with one attached hydrogen (secondary N) is 1. The minimum Gasteiger partial charge on any atom is -0.497 e. The van der Waals surface area contributed by atoms with Crippen LogP contribution in [-0.2, 0) is 0 Å². The molecule has 0 aliphatic rings. The molecule has 0 saturated carbocycles. The van der Waals surface area contributed by atoms with Gasteiger partial charge in [0.2, 0.25) is 0 Å². The summed E-state index contributed by atoms with van der Waals surface area (Å²) < 4.78 is 6.58. The standard InChI is InChI=1S/C15H12N2O3/c1-20-11-6-4-5-10(9-11)13-12-7-2-3-8-17(12)15(19)16-14(13)18/h2-9H,1H3,(H,16,18,19). The lowest BCUT2D eigenvalue weighted by Crippen LogP contribution is -2.27. The first-order valence-electron chi connectivity index (χ1n) is 6.09. The molecule has 0 atom stereocenters. The molecule has 0 radical (unpaired) electrons.